The van der Waals surface area contributed by atoms with Crippen LogP contribution >= 0.6 is 11.6 Å². The van der Waals surface area contributed by atoms with E-state index in [0.717, 1.165) is 31.1 Å². The summed E-state index contributed by atoms with van der Waals surface area (Å²) in [7, 11) is 0. The third-order valence-corrected chi connectivity index (χ3v) is 3.86. The smallest absolute Gasteiger partial charge is 0.0643 e. The summed E-state index contributed by atoms with van der Waals surface area (Å²) in [5.74, 6) is 0. The first-order valence-corrected chi connectivity index (χ1v) is 7.90. The largest absolute Gasteiger partial charge is 0.367 e. The van der Waals surface area contributed by atoms with Crippen LogP contribution in [-0.4, -0.2) is 19.1 Å². The molecule has 0 aromatic heterocycles. The first kappa shape index (κ1) is 14.7. The van der Waals surface area contributed by atoms with Gasteiger partial charge in [-0.3, -0.25) is 0 Å². The van der Waals surface area contributed by atoms with Crippen LogP contribution in [0, 0.1) is 0 Å². The van der Waals surface area contributed by atoms with Crippen molar-refractivity contribution in [2.24, 2.45) is 0 Å². The fourth-order valence-corrected chi connectivity index (χ4v) is 2.83. The molecular weight excluding hydrogens is 256 g/mol. The molecule has 1 saturated carbocycles. The molecule has 1 aliphatic rings. The summed E-state index contributed by atoms with van der Waals surface area (Å²) >= 11 is 6.48. The minimum atomic E-state index is 0.713. The van der Waals surface area contributed by atoms with Crippen LogP contribution in [0.2, 0.25) is 5.02 Å². The first-order chi connectivity index (χ1) is 9.27. The van der Waals surface area contributed by atoms with Gasteiger partial charge in [0, 0.05) is 19.1 Å². The molecule has 1 aliphatic carbocycles. The lowest BCUT2D eigenvalue weighted by Crippen LogP contribution is -2.28. The van der Waals surface area contributed by atoms with Crippen molar-refractivity contribution < 1.29 is 0 Å². The number of hydrogen-bond donors (Lipinski definition) is 1. The van der Waals surface area contributed by atoms with E-state index in [0.29, 0.717) is 6.04 Å². The van der Waals surface area contributed by atoms with Gasteiger partial charge in [-0.15, -0.1) is 0 Å². The maximum atomic E-state index is 6.48. The molecule has 0 spiro atoms. The average Bonchev–Trinajstić information content (AvgIpc) is 3.22. The molecule has 0 radical (unpaired) electrons. The zero-order valence-corrected chi connectivity index (χ0v) is 12.8. The lowest BCUT2D eigenvalue weighted by atomic mass is 10.1. The van der Waals surface area contributed by atoms with Gasteiger partial charge in [-0.2, -0.15) is 0 Å². The zero-order valence-electron chi connectivity index (χ0n) is 12.1. The van der Waals surface area contributed by atoms with Crippen LogP contribution < -0.4 is 10.2 Å². The highest BCUT2D eigenvalue weighted by atomic mass is 35.5. The van der Waals surface area contributed by atoms with Crippen molar-refractivity contribution >= 4 is 17.3 Å². The Balaban J connectivity index is 2.19. The summed E-state index contributed by atoms with van der Waals surface area (Å²) < 4.78 is 0. The molecule has 19 heavy (non-hydrogen) atoms. The second-order valence-corrected chi connectivity index (χ2v) is 5.76. The number of nitrogens with zero attached hydrogens (tertiary/aromatic N) is 1. The molecule has 1 N–H and O–H groups in total. The molecule has 2 rings (SSSR count). The lowest BCUT2D eigenvalue weighted by Gasteiger charge is -2.28. The molecule has 0 unspecified atom stereocenters. The summed E-state index contributed by atoms with van der Waals surface area (Å²) in [5.41, 5.74) is 2.60. The Morgan fingerprint density at radius 1 is 1.26 bits per heavy atom. The SMILES string of the molecule is CCCNCc1cccc(Cl)c1N(CCC)C1CC1. The quantitative estimate of drug-likeness (QED) is 0.717. The maximum Gasteiger partial charge on any atom is 0.0643 e. The molecule has 3 heteroatoms. The molecule has 1 aromatic carbocycles. The molecule has 106 valence electrons. The first-order valence-electron chi connectivity index (χ1n) is 7.52. The Bertz CT molecular complexity index is 402. The van der Waals surface area contributed by atoms with Crippen LogP contribution in [-0.2, 0) is 6.54 Å². The Hall–Kier alpha value is -0.730. The predicted molar refractivity (Wildman–Crippen MR) is 84.1 cm³/mol. The van der Waals surface area contributed by atoms with Crippen molar-refractivity contribution in [3.63, 3.8) is 0 Å². The van der Waals surface area contributed by atoms with Gasteiger partial charge in [0.15, 0.2) is 0 Å². The number of hydrogen-bond acceptors (Lipinski definition) is 2. The van der Waals surface area contributed by atoms with E-state index in [2.05, 4.69) is 36.2 Å². The van der Waals surface area contributed by atoms with E-state index < -0.39 is 0 Å². The number of para-hydroxylation sites is 1. The number of nitrogens with one attached hydrogen (secondary N) is 1. The second-order valence-electron chi connectivity index (χ2n) is 5.35. The average molecular weight is 281 g/mol. The Kier molecular flexibility index (Phi) is 5.53. The van der Waals surface area contributed by atoms with Gasteiger partial charge in [-0.25, -0.2) is 0 Å². The number of anilines is 1. The summed E-state index contributed by atoms with van der Waals surface area (Å²) in [5, 5.41) is 4.39. The van der Waals surface area contributed by atoms with Gasteiger partial charge < -0.3 is 10.2 Å². The summed E-state index contributed by atoms with van der Waals surface area (Å²) in [4.78, 5) is 2.52. The van der Waals surface area contributed by atoms with Gasteiger partial charge in [0.2, 0.25) is 0 Å². The van der Waals surface area contributed by atoms with E-state index in [4.69, 9.17) is 11.6 Å². The van der Waals surface area contributed by atoms with Crippen molar-refractivity contribution in [2.75, 3.05) is 18.0 Å². The zero-order chi connectivity index (χ0) is 13.7. The number of benzene rings is 1. The van der Waals surface area contributed by atoms with E-state index in [1.54, 1.807) is 0 Å². The van der Waals surface area contributed by atoms with Crippen molar-refractivity contribution in [2.45, 2.75) is 52.1 Å². The third kappa shape index (κ3) is 3.87. The fraction of sp³-hybridized carbons (Fsp3) is 0.625. The van der Waals surface area contributed by atoms with Gasteiger partial charge in [0.25, 0.3) is 0 Å². The highest BCUT2D eigenvalue weighted by Crippen LogP contribution is 2.38. The van der Waals surface area contributed by atoms with E-state index >= 15 is 0 Å². The Labute approximate surface area is 122 Å². The van der Waals surface area contributed by atoms with Crippen molar-refractivity contribution in [1.82, 2.24) is 5.32 Å². The van der Waals surface area contributed by atoms with Crippen LogP contribution in [0.15, 0.2) is 18.2 Å². The van der Waals surface area contributed by atoms with Crippen LogP contribution in [0.25, 0.3) is 0 Å². The standard InChI is InChI=1S/C16H25ClN2/c1-3-10-18-12-13-6-5-7-15(17)16(13)19(11-4-2)14-8-9-14/h5-7,14,18H,3-4,8-12H2,1-2H3. The summed E-state index contributed by atoms with van der Waals surface area (Å²) in [6.45, 7) is 7.51. The Morgan fingerprint density at radius 3 is 2.68 bits per heavy atom. The van der Waals surface area contributed by atoms with Crippen LogP contribution in [0.4, 0.5) is 5.69 Å². The van der Waals surface area contributed by atoms with Crippen molar-refractivity contribution in [1.29, 1.82) is 0 Å². The number of halogens is 1. The van der Waals surface area contributed by atoms with Gasteiger partial charge in [-0.1, -0.05) is 37.6 Å². The van der Waals surface area contributed by atoms with E-state index in [1.165, 1.54) is 30.5 Å². The highest BCUT2D eigenvalue weighted by Gasteiger charge is 2.30. The summed E-state index contributed by atoms with van der Waals surface area (Å²) in [6, 6.07) is 7.00. The molecule has 1 aromatic rings. The normalized spacial score (nSPS) is 14.7. The minimum Gasteiger partial charge on any atom is -0.367 e. The van der Waals surface area contributed by atoms with E-state index in [-0.39, 0.29) is 0 Å². The van der Waals surface area contributed by atoms with Crippen LogP contribution in [0.5, 0.6) is 0 Å². The summed E-state index contributed by atoms with van der Waals surface area (Å²) in [6.07, 6.45) is 4.96. The van der Waals surface area contributed by atoms with Crippen molar-refractivity contribution in [3.8, 4) is 0 Å². The molecule has 0 amide bonds. The maximum absolute atomic E-state index is 6.48. The van der Waals surface area contributed by atoms with Gasteiger partial charge in [-0.05, 0) is 43.9 Å². The van der Waals surface area contributed by atoms with Crippen LogP contribution in [0.1, 0.15) is 45.1 Å². The van der Waals surface area contributed by atoms with E-state index in [1.807, 2.05) is 6.07 Å². The fourth-order valence-electron chi connectivity index (χ4n) is 2.53. The van der Waals surface area contributed by atoms with Gasteiger partial charge >= 0.3 is 0 Å². The van der Waals surface area contributed by atoms with E-state index in [9.17, 15) is 0 Å². The molecular formula is C16H25ClN2. The van der Waals surface area contributed by atoms with Crippen LogP contribution in [0.3, 0.4) is 0 Å². The lowest BCUT2D eigenvalue weighted by molar-refractivity contribution is 0.669. The highest BCUT2D eigenvalue weighted by molar-refractivity contribution is 6.33. The molecule has 1 fully saturated rings. The molecule has 0 atom stereocenters. The monoisotopic (exact) mass is 280 g/mol. The van der Waals surface area contributed by atoms with Gasteiger partial charge in [0.05, 0.1) is 10.7 Å². The third-order valence-electron chi connectivity index (χ3n) is 3.55. The molecule has 0 aliphatic heterocycles. The Morgan fingerprint density at radius 2 is 2.05 bits per heavy atom. The second kappa shape index (κ2) is 7.16. The molecule has 0 heterocycles. The predicted octanol–water partition coefficient (Wildman–Crippen LogP) is 4.22. The number of rotatable bonds is 8. The minimum absolute atomic E-state index is 0.713. The van der Waals surface area contributed by atoms with Gasteiger partial charge in [0.1, 0.15) is 0 Å². The molecule has 2 nitrogen and oxygen atoms in total. The molecule has 0 bridgehead atoms. The topological polar surface area (TPSA) is 15.3 Å². The van der Waals surface area contributed by atoms with Crippen molar-refractivity contribution in [3.05, 3.63) is 28.8 Å². The molecule has 0 saturated heterocycles.